The second kappa shape index (κ2) is 9.18. The Morgan fingerprint density at radius 3 is 1.62 bits per heavy atom. The van der Waals surface area contributed by atoms with Crippen LogP contribution in [-0.4, -0.2) is 4.98 Å². The molecule has 0 aliphatic rings. The molecule has 8 rings (SSSR count). The maximum Gasteiger partial charge on any atom is 0.0708 e. The Hall–Kier alpha value is -5.27. The number of fused-ring (bicyclic) bond motifs is 4. The summed E-state index contributed by atoms with van der Waals surface area (Å²) < 4.78 is 0. The van der Waals surface area contributed by atoms with Crippen molar-refractivity contribution in [1.29, 1.82) is 0 Å². The van der Waals surface area contributed by atoms with Crippen molar-refractivity contribution in [2.45, 2.75) is 0 Å². The first-order valence-corrected chi connectivity index (χ1v) is 13.7. The summed E-state index contributed by atoms with van der Waals surface area (Å²) in [4.78, 5) is 4.98. The fraction of sp³-hybridized carbons (Fsp3) is 0. The van der Waals surface area contributed by atoms with Crippen LogP contribution in [0.4, 0.5) is 0 Å². The zero-order chi connectivity index (χ0) is 26.5. The first-order chi connectivity index (χ1) is 19.9. The first kappa shape index (κ1) is 22.7. The quantitative estimate of drug-likeness (QED) is 0.217. The van der Waals surface area contributed by atoms with Gasteiger partial charge < -0.3 is 0 Å². The van der Waals surface area contributed by atoms with Crippen molar-refractivity contribution in [3.05, 3.63) is 152 Å². The van der Waals surface area contributed by atoms with Crippen LogP contribution in [-0.2, 0) is 0 Å². The molecule has 1 aromatic heterocycles. The minimum Gasteiger partial charge on any atom is -0.256 e. The maximum atomic E-state index is 4.98. The molecule has 8 aromatic rings. The summed E-state index contributed by atoms with van der Waals surface area (Å²) >= 11 is 0. The van der Waals surface area contributed by atoms with Crippen LogP contribution in [0.25, 0.3) is 76.6 Å². The van der Waals surface area contributed by atoms with Crippen LogP contribution < -0.4 is 0 Å². The zero-order valence-electron chi connectivity index (χ0n) is 21.9. The lowest BCUT2D eigenvalue weighted by Crippen LogP contribution is -1.92. The highest BCUT2D eigenvalue weighted by atomic mass is 14.7. The van der Waals surface area contributed by atoms with Gasteiger partial charge in [0.15, 0.2) is 0 Å². The van der Waals surface area contributed by atoms with Gasteiger partial charge in [-0.2, -0.15) is 0 Å². The third-order valence-corrected chi connectivity index (χ3v) is 8.09. The van der Waals surface area contributed by atoms with E-state index in [4.69, 9.17) is 4.98 Å². The monoisotopic (exact) mass is 507 g/mol. The molecule has 0 aliphatic carbocycles. The average molecular weight is 508 g/mol. The van der Waals surface area contributed by atoms with Crippen molar-refractivity contribution in [3.8, 4) is 33.4 Å². The van der Waals surface area contributed by atoms with Crippen LogP contribution in [0, 0.1) is 0 Å². The van der Waals surface area contributed by atoms with Gasteiger partial charge in [0, 0.05) is 17.1 Å². The summed E-state index contributed by atoms with van der Waals surface area (Å²) in [5.41, 5.74) is 8.32. The SMILES string of the molecule is c1ccc(-c2c3ccccc3c(-c3cccc4ncc(-c5cccc6ccccc56)cc34)c3ccccc23)cc1. The van der Waals surface area contributed by atoms with E-state index in [2.05, 4.69) is 146 Å². The lowest BCUT2D eigenvalue weighted by molar-refractivity contribution is 1.41. The van der Waals surface area contributed by atoms with Gasteiger partial charge in [0.05, 0.1) is 5.52 Å². The van der Waals surface area contributed by atoms with E-state index >= 15 is 0 Å². The molecule has 0 aliphatic heterocycles. The molecule has 0 unspecified atom stereocenters. The number of hydrogen-bond donors (Lipinski definition) is 0. The molecular weight excluding hydrogens is 482 g/mol. The predicted octanol–water partition coefficient (Wildman–Crippen LogP) is 10.7. The molecule has 0 bridgehead atoms. The van der Waals surface area contributed by atoms with E-state index in [9.17, 15) is 0 Å². The van der Waals surface area contributed by atoms with Gasteiger partial charge in [-0.1, -0.05) is 133 Å². The van der Waals surface area contributed by atoms with Crippen molar-refractivity contribution in [2.75, 3.05) is 0 Å². The topological polar surface area (TPSA) is 12.9 Å². The number of nitrogens with zero attached hydrogens (tertiary/aromatic N) is 1. The van der Waals surface area contributed by atoms with Gasteiger partial charge in [0.25, 0.3) is 0 Å². The Bertz CT molecular complexity index is 2150. The molecule has 186 valence electrons. The number of hydrogen-bond acceptors (Lipinski definition) is 1. The Labute approximate surface area is 233 Å². The molecule has 40 heavy (non-hydrogen) atoms. The smallest absolute Gasteiger partial charge is 0.0708 e. The molecule has 0 atom stereocenters. The molecule has 1 nitrogen and oxygen atoms in total. The van der Waals surface area contributed by atoms with Crippen LogP contribution in [0.5, 0.6) is 0 Å². The van der Waals surface area contributed by atoms with E-state index in [1.165, 1.54) is 60.1 Å². The highest BCUT2D eigenvalue weighted by molar-refractivity contribution is 6.23. The van der Waals surface area contributed by atoms with E-state index in [-0.39, 0.29) is 0 Å². The summed E-state index contributed by atoms with van der Waals surface area (Å²) in [5.74, 6) is 0. The third-order valence-electron chi connectivity index (χ3n) is 8.09. The van der Waals surface area contributed by atoms with Crippen LogP contribution in [0.1, 0.15) is 0 Å². The predicted molar refractivity (Wildman–Crippen MR) is 171 cm³/mol. The first-order valence-electron chi connectivity index (χ1n) is 13.7. The number of benzene rings is 7. The molecule has 1 heterocycles. The molecule has 1 heteroatoms. The Balaban J connectivity index is 1.47. The number of aromatic nitrogens is 1. The van der Waals surface area contributed by atoms with E-state index in [1.54, 1.807) is 0 Å². The minimum absolute atomic E-state index is 1.00. The summed E-state index contributed by atoms with van der Waals surface area (Å²) in [5, 5.41) is 8.67. The molecule has 0 radical (unpaired) electrons. The standard InChI is InChI=1S/C39H25N/c1-2-13-27(14-3-1)38-31-17-6-8-19-33(31)39(34-20-9-7-18-32(34)38)35-22-11-23-37-36(35)24-28(25-40-37)30-21-10-15-26-12-4-5-16-29(26)30/h1-25H. The van der Waals surface area contributed by atoms with E-state index < -0.39 is 0 Å². The second-order valence-corrected chi connectivity index (χ2v) is 10.3. The number of rotatable bonds is 3. The van der Waals surface area contributed by atoms with Crippen LogP contribution >= 0.6 is 0 Å². The Kier molecular flexibility index (Phi) is 5.21. The average Bonchev–Trinajstić information content (AvgIpc) is 3.03. The third kappa shape index (κ3) is 3.52. The van der Waals surface area contributed by atoms with E-state index in [0.29, 0.717) is 0 Å². The van der Waals surface area contributed by atoms with Crippen molar-refractivity contribution >= 4 is 43.2 Å². The van der Waals surface area contributed by atoms with E-state index in [1.807, 2.05) is 6.20 Å². The summed E-state index contributed by atoms with van der Waals surface area (Å²) in [6.07, 6.45) is 2.02. The highest BCUT2D eigenvalue weighted by Gasteiger charge is 2.18. The van der Waals surface area contributed by atoms with Crippen molar-refractivity contribution in [2.24, 2.45) is 0 Å². The largest absolute Gasteiger partial charge is 0.256 e. The van der Waals surface area contributed by atoms with E-state index in [0.717, 1.165) is 16.5 Å². The fourth-order valence-corrected chi connectivity index (χ4v) is 6.33. The van der Waals surface area contributed by atoms with Gasteiger partial charge in [-0.25, -0.2) is 0 Å². The Morgan fingerprint density at radius 1 is 0.350 bits per heavy atom. The molecule has 0 amide bonds. The van der Waals surface area contributed by atoms with Crippen LogP contribution in [0.3, 0.4) is 0 Å². The molecule has 0 spiro atoms. The van der Waals surface area contributed by atoms with Gasteiger partial charge in [0.1, 0.15) is 0 Å². The summed E-state index contributed by atoms with van der Waals surface area (Å²) in [6.45, 7) is 0. The van der Waals surface area contributed by atoms with Gasteiger partial charge in [-0.15, -0.1) is 0 Å². The van der Waals surface area contributed by atoms with Crippen LogP contribution in [0.2, 0.25) is 0 Å². The van der Waals surface area contributed by atoms with Crippen molar-refractivity contribution < 1.29 is 0 Å². The normalized spacial score (nSPS) is 11.5. The number of pyridine rings is 1. The maximum absolute atomic E-state index is 4.98. The second-order valence-electron chi connectivity index (χ2n) is 10.3. The molecule has 0 saturated heterocycles. The molecule has 0 N–H and O–H groups in total. The lowest BCUT2D eigenvalue weighted by Gasteiger charge is -2.19. The van der Waals surface area contributed by atoms with Crippen molar-refractivity contribution in [1.82, 2.24) is 4.98 Å². The molecule has 0 fully saturated rings. The Morgan fingerprint density at radius 2 is 0.900 bits per heavy atom. The van der Waals surface area contributed by atoms with Crippen LogP contribution in [0.15, 0.2) is 152 Å². The van der Waals surface area contributed by atoms with Crippen molar-refractivity contribution in [3.63, 3.8) is 0 Å². The minimum atomic E-state index is 1.00. The summed E-state index contributed by atoms with van der Waals surface area (Å²) in [7, 11) is 0. The fourth-order valence-electron chi connectivity index (χ4n) is 6.33. The molecule has 0 saturated carbocycles. The van der Waals surface area contributed by atoms with Gasteiger partial charge in [0.2, 0.25) is 0 Å². The lowest BCUT2D eigenvalue weighted by atomic mass is 9.85. The van der Waals surface area contributed by atoms with Gasteiger partial charge in [-0.3, -0.25) is 4.98 Å². The van der Waals surface area contributed by atoms with Gasteiger partial charge in [-0.05, 0) is 72.3 Å². The summed E-state index contributed by atoms with van der Waals surface area (Å²) in [6, 6.07) is 52.3. The zero-order valence-corrected chi connectivity index (χ0v) is 21.9. The van der Waals surface area contributed by atoms with Gasteiger partial charge >= 0.3 is 0 Å². The molecular formula is C39H25N. The highest BCUT2D eigenvalue weighted by Crippen LogP contribution is 2.45. The molecule has 7 aromatic carbocycles.